The van der Waals surface area contributed by atoms with Crippen LogP contribution in [0.15, 0.2) is 48.5 Å². The van der Waals surface area contributed by atoms with Crippen LogP contribution in [0.3, 0.4) is 0 Å². The van der Waals surface area contributed by atoms with Crippen molar-refractivity contribution in [1.82, 2.24) is 0 Å². The molecule has 0 aliphatic heterocycles. The van der Waals surface area contributed by atoms with Gasteiger partial charge in [-0.2, -0.15) is 0 Å². The van der Waals surface area contributed by atoms with Crippen LogP contribution in [0.2, 0.25) is 0 Å². The van der Waals surface area contributed by atoms with Gasteiger partial charge in [-0.3, -0.25) is 0 Å². The van der Waals surface area contributed by atoms with E-state index in [9.17, 15) is 0 Å². The zero-order valence-electron chi connectivity index (χ0n) is 11.6. The van der Waals surface area contributed by atoms with E-state index < -0.39 is 0 Å². The van der Waals surface area contributed by atoms with E-state index in [0.29, 0.717) is 36.2 Å². The van der Waals surface area contributed by atoms with Gasteiger partial charge in [0, 0.05) is 12.1 Å². The predicted molar refractivity (Wildman–Crippen MR) is 76.4 cm³/mol. The van der Waals surface area contributed by atoms with Gasteiger partial charge in [0.05, 0.1) is 0 Å². The van der Waals surface area contributed by atoms with E-state index >= 15 is 0 Å². The summed E-state index contributed by atoms with van der Waals surface area (Å²) in [5.74, 6) is 2.00. The molecule has 0 bridgehead atoms. The third-order valence-corrected chi connectivity index (χ3v) is 2.56. The Balaban J connectivity index is 1.80. The summed E-state index contributed by atoms with van der Waals surface area (Å²) >= 11 is 0. The van der Waals surface area contributed by atoms with Crippen molar-refractivity contribution in [2.45, 2.75) is 0 Å². The van der Waals surface area contributed by atoms with E-state index in [1.54, 1.807) is 61.0 Å². The molecule has 0 radical (unpaired) electrons. The summed E-state index contributed by atoms with van der Waals surface area (Å²) in [6.07, 6.45) is 3.20. The maximum Gasteiger partial charge on any atom is 0.292 e. The van der Waals surface area contributed by atoms with E-state index in [2.05, 4.69) is 0 Å². The lowest BCUT2D eigenvalue weighted by Crippen LogP contribution is -2.09. The zero-order chi connectivity index (χ0) is 15.6. The molecular formula is C16H12N2O4. The third kappa shape index (κ3) is 4.62. The van der Waals surface area contributed by atoms with Crippen LogP contribution in [0, 0.1) is 23.0 Å². The Morgan fingerprint density at radius 3 is 1.50 bits per heavy atom. The molecule has 0 aliphatic rings. The number of hydrogen-bond acceptors (Lipinski definition) is 6. The summed E-state index contributed by atoms with van der Waals surface area (Å²) < 4.78 is 20.4. The van der Waals surface area contributed by atoms with Gasteiger partial charge in [0.25, 0.3) is 12.5 Å². The van der Waals surface area contributed by atoms with Crippen molar-refractivity contribution in [2.24, 2.45) is 0 Å². The number of nitrogens with zero attached hydrogens (tertiary/aromatic N) is 2. The van der Waals surface area contributed by atoms with Gasteiger partial charge in [0.1, 0.15) is 36.2 Å². The summed E-state index contributed by atoms with van der Waals surface area (Å²) in [6, 6.07) is 13.5. The molecule has 0 N–H and O–H groups in total. The predicted octanol–water partition coefficient (Wildman–Crippen LogP) is 2.86. The number of nitriles is 2. The van der Waals surface area contributed by atoms with Crippen molar-refractivity contribution in [3.05, 3.63) is 48.5 Å². The van der Waals surface area contributed by atoms with Crippen molar-refractivity contribution < 1.29 is 18.9 Å². The Labute approximate surface area is 127 Å². The second-order valence-electron chi connectivity index (χ2n) is 4.03. The van der Waals surface area contributed by atoms with Crippen LogP contribution in [-0.2, 0) is 0 Å². The summed E-state index contributed by atoms with van der Waals surface area (Å²) in [4.78, 5) is 0. The van der Waals surface area contributed by atoms with Gasteiger partial charge in [0.2, 0.25) is 0 Å². The van der Waals surface area contributed by atoms with E-state index in [4.69, 9.17) is 29.5 Å². The van der Waals surface area contributed by atoms with Crippen molar-refractivity contribution in [3.63, 3.8) is 0 Å². The second-order valence-corrected chi connectivity index (χ2v) is 4.03. The fraction of sp³-hybridized carbons (Fsp3) is 0.125. The smallest absolute Gasteiger partial charge is 0.292 e. The molecule has 0 saturated heterocycles. The zero-order valence-corrected chi connectivity index (χ0v) is 11.6. The first kappa shape index (κ1) is 15.0. The molecule has 2 rings (SSSR count). The van der Waals surface area contributed by atoms with Crippen molar-refractivity contribution in [3.8, 4) is 35.5 Å². The van der Waals surface area contributed by atoms with Gasteiger partial charge >= 0.3 is 0 Å². The van der Waals surface area contributed by atoms with Gasteiger partial charge in [0.15, 0.2) is 0 Å². The fourth-order valence-corrected chi connectivity index (χ4v) is 1.68. The van der Waals surface area contributed by atoms with Crippen LogP contribution in [0.5, 0.6) is 23.0 Å². The van der Waals surface area contributed by atoms with E-state index in [1.807, 2.05) is 0 Å². The highest BCUT2D eigenvalue weighted by atomic mass is 16.5. The molecule has 0 atom stereocenters. The Hall–Kier alpha value is -3.38. The second kappa shape index (κ2) is 8.03. The summed E-state index contributed by atoms with van der Waals surface area (Å²) in [6.45, 7) is 0.638. The maximum absolute atomic E-state index is 8.45. The summed E-state index contributed by atoms with van der Waals surface area (Å²) in [7, 11) is 0. The molecule has 22 heavy (non-hydrogen) atoms. The standard InChI is InChI=1S/C16H12N2O4/c17-11-21-15-5-1-3-13(9-15)19-7-8-20-14-4-2-6-16(10-14)22-12-18/h1-6,9-10H,7-8H2. The number of hydrogen-bond donors (Lipinski definition) is 0. The maximum atomic E-state index is 8.45. The number of benzene rings is 2. The lowest BCUT2D eigenvalue weighted by molar-refractivity contribution is 0.216. The van der Waals surface area contributed by atoms with E-state index in [1.165, 1.54) is 0 Å². The monoisotopic (exact) mass is 296 g/mol. The quantitative estimate of drug-likeness (QED) is 0.577. The average molecular weight is 296 g/mol. The third-order valence-electron chi connectivity index (χ3n) is 2.56. The molecule has 0 unspecified atom stereocenters. The van der Waals surface area contributed by atoms with Gasteiger partial charge in [-0.1, -0.05) is 12.1 Å². The molecule has 2 aromatic rings. The minimum Gasteiger partial charge on any atom is -0.490 e. The normalized spacial score (nSPS) is 9.18. The Morgan fingerprint density at radius 2 is 1.09 bits per heavy atom. The molecule has 110 valence electrons. The van der Waals surface area contributed by atoms with Gasteiger partial charge < -0.3 is 18.9 Å². The molecule has 0 saturated carbocycles. The molecular weight excluding hydrogens is 284 g/mol. The molecule has 6 nitrogen and oxygen atoms in total. The lowest BCUT2D eigenvalue weighted by Gasteiger charge is -2.09. The Bertz CT molecular complexity index is 642. The van der Waals surface area contributed by atoms with Crippen molar-refractivity contribution >= 4 is 0 Å². The number of rotatable bonds is 7. The molecule has 0 heterocycles. The van der Waals surface area contributed by atoms with Crippen LogP contribution in [0.4, 0.5) is 0 Å². The van der Waals surface area contributed by atoms with Crippen LogP contribution in [0.1, 0.15) is 0 Å². The summed E-state index contributed by atoms with van der Waals surface area (Å²) in [5, 5.41) is 16.9. The average Bonchev–Trinajstić information content (AvgIpc) is 2.53. The van der Waals surface area contributed by atoms with Crippen LogP contribution in [0.25, 0.3) is 0 Å². The SMILES string of the molecule is N#COc1cccc(OCCOc2cccc(OC#N)c2)c1. The minimum atomic E-state index is 0.319. The van der Waals surface area contributed by atoms with Gasteiger partial charge in [-0.25, -0.2) is 0 Å². The van der Waals surface area contributed by atoms with Crippen LogP contribution in [-0.4, -0.2) is 13.2 Å². The first-order valence-corrected chi connectivity index (χ1v) is 6.39. The molecule has 6 heteroatoms. The van der Waals surface area contributed by atoms with Crippen molar-refractivity contribution in [2.75, 3.05) is 13.2 Å². The highest BCUT2D eigenvalue weighted by Gasteiger charge is 2.00. The largest absolute Gasteiger partial charge is 0.490 e. The summed E-state index contributed by atoms with van der Waals surface area (Å²) in [5.41, 5.74) is 0. The fourth-order valence-electron chi connectivity index (χ4n) is 1.68. The molecule has 2 aromatic carbocycles. The highest BCUT2D eigenvalue weighted by molar-refractivity contribution is 5.34. The minimum absolute atomic E-state index is 0.319. The molecule has 0 aromatic heterocycles. The molecule has 0 aliphatic carbocycles. The number of ether oxygens (including phenoxy) is 4. The topological polar surface area (TPSA) is 84.5 Å². The van der Waals surface area contributed by atoms with Crippen LogP contribution < -0.4 is 18.9 Å². The van der Waals surface area contributed by atoms with Crippen molar-refractivity contribution in [1.29, 1.82) is 10.5 Å². The lowest BCUT2D eigenvalue weighted by atomic mass is 10.3. The Kier molecular flexibility index (Phi) is 5.48. The highest BCUT2D eigenvalue weighted by Crippen LogP contribution is 2.20. The van der Waals surface area contributed by atoms with E-state index in [0.717, 1.165) is 0 Å². The molecule has 0 amide bonds. The van der Waals surface area contributed by atoms with Gasteiger partial charge in [-0.05, 0) is 24.3 Å². The molecule has 0 spiro atoms. The van der Waals surface area contributed by atoms with E-state index in [-0.39, 0.29) is 0 Å². The first-order chi connectivity index (χ1) is 10.8. The Morgan fingerprint density at radius 1 is 0.682 bits per heavy atom. The first-order valence-electron chi connectivity index (χ1n) is 6.39. The van der Waals surface area contributed by atoms with Gasteiger partial charge in [-0.15, -0.1) is 10.5 Å². The van der Waals surface area contributed by atoms with Crippen LogP contribution >= 0.6 is 0 Å². The molecule has 0 fully saturated rings.